The van der Waals surface area contributed by atoms with Crippen LogP contribution in [0.5, 0.6) is 0 Å². The Morgan fingerprint density at radius 2 is 2.28 bits per heavy atom. The summed E-state index contributed by atoms with van der Waals surface area (Å²) in [5.41, 5.74) is 0.423. The van der Waals surface area contributed by atoms with Gasteiger partial charge in [-0.1, -0.05) is 19.4 Å². The number of ether oxygens (including phenoxy) is 1. The smallest absolute Gasteiger partial charge is 0.325 e. The molecule has 0 aliphatic rings. The van der Waals surface area contributed by atoms with Crippen LogP contribution in [0, 0.1) is 0 Å². The highest BCUT2D eigenvalue weighted by atomic mass is 16.5. The molecule has 0 aromatic carbocycles. The molecule has 0 saturated heterocycles. The molecule has 0 aliphatic carbocycles. The van der Waals surface area contributed by atoms with Gasteiger partial charge in [-0.2, -0.15) is 0 Å². The quantitative estimate of drug-likeness (QED) is 0.751. The fourth-order valence-electron chi connectivity index (χ4n) is 2.00. The second kappa shape index (κ2) is 7.11. The third-order valence-electron chi connectivity index (χ3n) is 3.01. The van der Waals surface area contributed by atoms with Crippen LogP contribution < -0.4 is 5.32 Å². The Morgan fingerprint density at radius 1 is 1.50 bits per heavy atom. The average molecular weight is 250 g/mol. The molecule has 100 valence electrons. The summed E-state index contributed by atoms with van der Waals surface area (Å²) in [6.45, 7) is 4.66. The van der Waals surface area contributed by atoms with Gasteiger partial charge in [0.2, 0.25) is 0 Å². The van der Waals surface area contributed by atoms with E-state index in [-0.39, 0.29) is 5.97 Å². The molecule has 0 bridgehead atoms. The Hall–Kier alpha value is -1.42. The minimum Gasteiger partial charge on any atom is -0.468 e. The summed E-state index contributed by atoms with van der Waals surface area (Å²) in [7, 11) is 1.43. The van der Waals surface area contributed by atoms with E-state index in [1.165, 1.54) is 7.11 Å². The largest absolute Gasteiger partial charge is 0.468 e. The number of carbonyl (C=O) groups excluding carboxylic acids is 1. The van der Waals surface area contributed by atoms with Crippen molar-refractivity contribution in [1.29, 1.82) is 0 Å². The number of nitrogens with zero attached hydrogens (tertiary/aromatic N) is 1. The molecular formula is C14H22N2O2. The molecule has 18 heavy (non-hydrogen) atoms. The third kappa shape index (κ3) is 4.11. The van der Waals surface area contributed by atoms with Crippen LogP contribution in [0.3, 0.4) is 0 Å². The van der Waals surface area contributed by atoms with Crippen molar-refractivity contribution in [2.24, 2.45) is 0 Å². The van der Waals surface area contributed by atoms with E-state index in [1.807, 2.05) is 25.1 Å². The topological polar surface area (TPSA) is 51.2 Å². The minimum atomic E-state index is -0.599. The highest BCUT2D eigenvalue weighted by Crippen LogP contribution is 2.14. The van der Waals surface area contributed by atoms with Crippen molar-refractivity contribution in [3.8, 4) is 0 Å². The predicted molar refractivity (Wildman–Crippen MR) is 71.3 cm³/mol. The summed E-state index contributed by atoms with van der Waals surface area (Å²) in [6, 6.07) is 5.84. The zero-order chi connectivity index (χ0) is 13.4. The van der Waals surface area contributed by atoms with E-state index in [4.69, 9.17) is 4.74 Å². The van der Waals surface area contributed by atoms with Gasteiger partial charge in [-0.15, -0.1) is 0 Å². The maximum atomic E-state index is 11.8. The van der Waals surface area contributed by atoms with E-state index in [0.717, 1.165) is 25.0 Å². The van der Waals surface area contributed by atoms with Crippen molar-refractivity contribution in [3.05, 3.63) is 30.1 Å². The van der Waals surface area contributed by atoms with Crippen LogP contribution in [-0.2, 0) is 16.0 Å². The number of hydrogen-bond acceptors (Lipinski definition) is 4. The van der Waals surface area contributed by atoms with Crippen LogP contribution in [0.2, 0.25) is 0 Å². The van der Waals surface area contributed by atoms with Gasteiger partial charge in [-0.25, -0.2) is 0 Å². The number of methoxy groups -OCH3 is 1. The van der Waals surface area contributed by atoms with Gasteiger partial charge in [0.25, 0.3) is 0 Å². The Morgan fingerprint density at radius 3 is 2.83 bits per heavy atom. The first-order valence-electron chi connectivity index (χ1n) is 6.35. The molecular weight excluding hydrogens is 228 g/mol. The van der Waals surface area contributed by atoms with Crippen molar-refractivity contribution in [3.63, 3.8) is 0 Å². The molecule has 0 aliphatic heterocycles. The summed E-state index contributed by atoms with van der Waals surface area (Å²) in [5, 5.41) is 3.28. The summed E-state index contributed by atoms with van der Waals surface area (Å²) in [4.78, 5) is 16.0. The molecule has 1 atom stereocenters. The molecule has 0 radical (unpaired) electrons. The fourth-order valence-corrected chi connectivity index (χ4v) is 2.00. The van der Waals surface area contributed by atoms with E-state index in [1.54, 1.807) is 6.20 Å². The van der Waals surface area contributed by atoms with Crippen molar-refractivity contribution < 1.29 is 9.53 Å². The van der Waals surface area contributed by atoms with Gasteiger partial charge in [0.1, 0.15) is 5.54 Å². The number of rotatable bonds is 7. The molecule has 1 rings (SSSR count). The molecule has 0 amide bonds. The van der Waals surface area contributed by atoms with E-state index in [9.17, 15) is 4.79 Å². The highest BCUT2D eigenvalue weighted by molar-refractivity contribution is 5.80. The van der Waals surface area contributed by atoms with Crippen LogP contribution in [0.25, 0.3) is 0 Å². The Labute approximate surface area is 109 Å². The van der Waals surface area contributed by atoms with Crippen LogP contribution in [-0.4, -0.2) is 30.1 Å². The number of hydrogen-bond donors (Lipinski definition) is 1. The Balaban J connectivity index is 2.50. The van der Waals surface area contributed by atoms with Gasteiger partial charge in [0, 0.05) is 24.9 Å². The summed E-state index contributed by atoms with van der Waals surface area (Å²) in [6.07, 6.45) is 4.28. The van der Waals surface area contributed by atoms with Crippen LogP contribution in [0.15, 0.2) is 24.4 Å². The SMILES string of the molecule is CCCC(C)(NCCc1ccccn1)C(=O)OC. The van der Waals surface area contributed by atoms with Gasteiger partial charge in [-0.05, 0) is 25.5 Å². The maximum absolute atomic E-state index is 11.8. The monoisotopic (exact) mass is 250 g/mol. The highest BCUT2D eigenvalue weighted by Gasteiger charge is 2.32. The van der Waals surface area contributed by atoms with E-state index in [0.29, 0.717) is 6.54 Å². The van der Waals surface area contributed by atoms with Gasteiger partial charge in [-0.3, -0.25) is 9.78 Å². The molecule has 4 heteroatoms. The first kappa shape index (κ1) is 14.6. The molecule has 1 aromatic rings. The van der Waals surface area contributed by atoms with Crippen molar-refractivity contribution in [2.45, 2.75) is 38.6 Å². The Bertz CT molecular complexity index is 367. The summed E-state index contributed by atoms with van der Waals surface area (Å²) < 4.78 is 4.85. The molecule has 0 saturated carbocycles. The zero-order valence-electron chi connectivity index (χ0n) is 11.4. The second-order valence-electron chi connectivity index (χ2n) is 4.57. The lowest BCUT2D eigenvalue weighted by Crippen LogP contribution is -2.50. The fraction of sp³-hybridized carbons (Fsp3) is 0.571. The number of esters is 1. The molecule has 0 spiro atoms. The van der Waals surface area contributed by atoms with Gasteiger partial charge >= 0.3 is 5.97 Å². The van der Waals surface area contributed by atoms with Gasteiger partial charge < -0.3 is 10.1 Å². The number of nitrogens with one attached hydrogen (secondary N) is 1. The van der Waals surface area contributed by atoms with Gasteiger partial charge in [0.05, 0.1) is 7.11 Å². The third-order valence-corrected chi connectivity index (χ3v) is 3.01. The Kier molecular flexibility index (Phi) is 5.78. The molecule has 1 unspecified atom stereocenters. The normalized spacial score (nSPS) is 13.9. The minimum absolute atomic E-state index is 0.203. The summed E-state index contributed by atoms with van der Waals surface area (Å²) in [5.74, 6) is -0.203. The van der Waals surface area contributed by atoms with E-state index >= 15 is 0 Å². The standard InChI is InChI=1S/C14H22N2O2/c1-4-9-14(2,13(17)18-3)16-11-8-12-7-5-6-10-15-12/h5-7,10,16H,4,8-9,11H2,1-3H3. The average Bonchev–Trinajstić information content (AvgIpc) is 2.39. The number of aromatic nitrogens is 1. The van der Waals surface area contributed by atoms with Crippen LogP contribution in [0.4, 0.5) is 0 Å². The molecule has 0 fully saturated rings. The van der Waals surface area contributed by atoms with Crippen molar-refractivity contribution >= 4 is 5.97 Å². The van der Waals surface area contributed by atoms with Crippen LogP contribution in [0.1, 0.15) is 32.4 Å². The predicted octanol–water partition coefficient (Wildman–Crippen LogP) is 1.95. The lowest BCUT2D eigenvalue weighted by Gasteiger charge is -2.27. The lowest BCUT2D eigenvalue weighted by atomic mass is 9.96. The summed E-state index contributed by atoms with van der Waals surface area (Å²) >= 11 is 0. The molecule has 1 heterocycles. The van der Waals surface area contributed by atoms with Crippen LogP contribution >= 0.6 is 0 Å². The van der Waals surface area contributed by atoms with Crippen molar-refractivity contribution in [2.75, 3.05) is 13.7 Å². The van der Waals surface area contributed by atoms with E-state index < -0.39 is 5.54 Å². The molecule has 1 aromatic heterocycles. The molecule has 1 N–H and O–H groups in total. The zero-order valence-corrected chi connectivity index (χ0v) is 11.4. The lowest BCUT2D eigenvalue weighted by molar-refractivity contribution is -0.148. The van der Waals surface area contributed by atoms with Gasteiger partial charge in [0.15, 0.2) is 0 Å². The maximum Gasteiger partial charge on any atom is 0.325 e. The number of carbonyl (C=O) groups is 1. The van der Waals surface area contributed by atoms with E-state index in [2.05, 4.69) is 17.2 Å². The first-order valence-corrected chi connectivity index (χ1v) is 6.35. The number of pyridine rings is 1. The van der Waals surface area contributed by atoms with Crippen molar-refractivity contribution in [1.82, 2.24) is 10.3 Å². The first-order chi connectivity index (χ1) is 8.62. The second-order valence-corrected chi connectivity index (χ2v) is 4.57. The molecule has 4 nitrogen and oxygen atoms in total.